The van der Waals surface area contributed by atoms with E-state index >= 15 is 0 Å². The summed E-state index contributed by atoms with van der Waals surface area (Å²) in [4.78, 5) is 35.7. The Morgan fingerprint density at radius 1 is 1.12 bits per heavy atom. The van der Waals surface area contributed by atoms with Crippen LogP contribution in [0.25, 0.3) is 0 Å². The van der Waals surface area contributed by atoms with Crippen LogP contribution in [0, 0.1) is 5.41 Å². The second-order valence-electron chi connectivity index (χ2n) is 9.07. The third-order valence-electron chi connectivity index (χ3n) is 6.29. The number of carbonyl (C=O) groups excluding carboxylic acids is 2. The zero-order chi connectivity index (χ0) is 24.9. The molecule has 7 nitrogen and oxygen atoms in total. The zero-order valence-electron chi connectivity index (χ0n) is 20.0. The highest BCUT2D eigenvalue weighted by Crippen LogP contribution is 2.39. The molecular formula is C27H32O7. The van der Waals surface area contributed by atoms with E-state index in [2.05, 4.69) is 0 Å². The van der Waals surface area contributed by atoms with Gasteiger partial charge in [0.2, 0.25) is 0 Å². The van der Waals surface area contributed by atoms with Crippen LogP contribution in [-0.2, 0) is 17.6 Å². The number of aryl methyl sites for hydroxylation is 1. The second-order valence-corrected chi connectivity index (χ2v) is 9.07. The van der Waals surface area contributed by atoms with Crippen molar-refractivity contribution in [1.29, 1.82) is 0 Å². The number of fused-ring (bicyclic) bond motifs is 1. The van der Waals surface area contributed by atoms with E-state index in [1.54, 1.807) is 31.2 Å². The molecular weight excluding hydrogens is 436 g/mol. The summed E-state index contributed by atoms with van der Waals surface area (Å²) in [5.41, 5.74) is 1.53. The molecule has 0 saturated carbocycles. The molecule has 0 heterocycles. The number of Topliss-reactive ketones (excluding diaryl/α,β-unsaturated/α-hetero) is 2. The fourth-order valence-electron chi connectivity index (χ4n) is 4.40. The molecule has 1 aliphatic rings. The third kappa shape index (κ3) is 5.58. The Balaban J connectivity index is 1.56. The first-order valence-corrected chi connectivity index (χ1v) is 11.7. The van der Waals surface area contributed by atoms with Gasteiger partial charge in [0.25, 0.3) is 0 Å². The molecule has 1 aliphatic carbocycles. The maximum Gasteiger partial charge on any atom is 0.304 e. The van der Waals surface area contributed by atoms with Gasteiger partial charge in [0.05, 0.1) is 25.2 Å². The summed E-state index contributed by atoms with van der Waals surface area (Å²) < 4.78 is 11.7. The molecule has 0 fully saturated rings. The van der Waals surface area contributed by atoms with Gasteiger partial charge in [-0.2, -0.15) is 0 Å². The lowest BCUT2D eigenvalue weighted by atomic mass is 9.70. The number of benzene rings is 2. The fourth-order valence-corrected chi connectivity index (χ4v) is 4.40. The van der Waals surface area contributed by atoms with E-state index in [0.717, 1.165) is 12.0 Å². The van der Waals surface area contributed by atoms with E-state index in [-0.39, 0.29) is 23.7 Å². The zero-order valence-corrected chi connectivity index (χ0v) is 20.0. The summed E-state index contributed by atoms with van der Waals surface area (Å²) >= 11 is 0. The van der Waals surface area contributed by atoms with Gasteiger partial charge in [-0.3, -0.25) is 14.4 Å². The van der Waals surface area contributed by atoms with Crippen LogP contribution in [-0.4, -0.2) is 41.0 Å². The number of aromatic hydroxyl groups is 1. The van der Waals surface area contributed by atoms with Gasteiger partial charge in [-0.05, 0) is 62.1 Å². The SMILES string of the molecule is CCCc1c(OCCCOc2ccc3c(c2)CCC(C)(CC(=O)O)C3=O)ccc(C(C)=O)c1O. The second kappa shape index (κ2) is 10.7. The van der Waals surface area contributed by atoms with E-state index in [1.165, 1.54) is 6.92 Å². The van der Waals surface area contributed by atoms with Crippen LogP contribution in [0.1, 0.15) is 78.3 Å². The highest BCUT2D eigenvalue weighted by atomic mass is 16.5. The average molecular weight is 469 g/mol. The van der Waals surface area contributed by atoms with Gasteiger partial charge in [-0.25, -0.2) is 0 Å². The topological polar surface area (TPSA) is 110 Å². The highest BCUT2D eigenvalue weighted by Gasteiger charge is 2.40. The van der Waals surface area contributed by atoms with E-state index in [4.69, 9.17) is 14.6 Å². The maximum absolute atomic E-state index is 12.8. The number of carbonyl (C=O) groups is 3. The minimum Gasteiger partial charge on any atom is -0.507 e. The van der Waals surface area contributed by atoms with Crippen LogP contribution in [0.3, 0.4) is 0 Å². The lowest BCUT2D eigenvalue weighted by Gasteiger charge is -2.32. The van der Waals surface area contributed by atoms with Gasteiger partial charge in [0.15, 0.2) is 11.6 Å². The number of ketones is 2. The molecule has 3 rings (SSSR count). The van der Waals surface area contributed by atoms with Crippen molar-refractivity contribution in [3.05, 3.63) is 52.6 Å². The lowest BCUT2D eigenvalue weighted by molar-refractivity contribution is -0.139. The molecule has 2 aromatic rings. The monoisotopic (exact) mass is 468 g/mol. The molecule has 0 saturated heterocycles. The maximum atomic E-state index is 12.8. The fraction of sp³-hybridized carbons (Fsp3) is 0.444. The largest absolute Gasteiger partial charge is 0.507 e. The van der Waals surface area contributed by atoms with Crippen molar-refractivity contribution in [3.63, 3.8) is 0 Å². The van der Waals surface area contributed by atoms with Gasteiger partial charge >= 0.3 is 5.97 Å². The molecule has 1 atom stereocenters. The van der Waals surface area contributed by atoms with Crippen molar-refractivity contribution in [2.45, 2.75) is 59.3 Å². The number of hydrogen-bond acceptors (Lipinski definition) is 6. The Morgan fingerprint density at radius 3 is 2.53 bits per heavy atom. The normalized spacial score (nSPS) is 17.2. The van der Waals surface area contributed by atoms with Gasteiger partial charge < -0.3 is 19.7 Å². The quantitative estimate of drug-likeness (QED) is 0.352. The Morgan fingerprint density at radius 2 is 1.85 bits per heavy atom. The smallest absolute Gasteiger partial charge is 0.304 e. The molecule has 0 bridgehead atoms. The van der Waals surface area contributed by atoms with Crippen LogP contribution >= 0.6 is 0 Å². The van der Waals surface area contributed by atoms with Crippen LogP contribution in [0.4, 0.5) is 0 Å². The molecule has 34 heavy (non-hydrogen) atoms. The van der Waals surface area contributed by atoms with E-state index < -0.39 is 11.4 Å². The summed E-state index contributed by atoms with van der Waals surface area (Å²) in [6.07, 6.45) is 2.98. The van der Waals surface area contributed by atoms with Crippen LogP contribution in [0.15, 0.2) is 30.3 Å². The number of phenols is 1. The minimum absolute atomic E-state index is 0.00819. The molecule has 0 aromatic heterocycles. The third-order valence-corrected chi connectivity index (χ3v) is 6.29. The standard InChI is InChI=1S/C27H32O7/c1-4-6-22-23(10-9-20(17(2)28)25(22)31)34-14-5-13-33-19-7-8-21-18(15-19)11-12-27(3,26(21)32)16-24(29)30/h7-10,15,31H,4-6,11-14,16H2,1-3H3,(H,29,30). The van der Waals surface area contributed by atoms with E-state index in [9.17, 15) is 19.5 Å². The molecule has 1 unspecified atom stereocenters. The van der Waals surface area contributed by atoms with E-state index in [1.807, 2.05) is 13.0 Å². The molecule has 182 valence electrons. The number of carboxylic acid groups (broad SMARTS) is 1. The van der Waals surface area contributed by atoms with Crippen molar-refractivity contribution >= 4 is 17.5 Å². The number of aliphatic carboxylic acids is 1. The molecule has 0 spiro atoms. The highest BCUT2D eigenvalue weighted by molar-refractivity contribution is 6.04. The van der Waals surface area contributed by atoms with Crippen LogP contribution in [0.2, 0.25) is 0 Å². The van der Waals surface area contributed by atoms with Gasteiger partial charge in [0.1, 0.15) is 17.2 Å². The first kappa shape index (κ1) is 25.3. The average Bonchev–Trinajstić information content (AvgIpc) is 2.78. The summed E-state index contributed by atoms with van der Waals surface area (Å²) in [7, 11) is 0. The molecule has 2 aromatic carbocycles. The van der Waals surface area contributed by atoms with Crippen molar-refractivity contribution in [1.82, 2.24) is 0 Å². The Labute approximate surface area is 199 Å². The lowest BCUT2D eigenvalue weighted by Crippen LogP contribution is -2.35. The minimum atomic E-state index is -0.965. The summed E-state index contributed by atoms with van der Waals surface area (Å²) in [6.45, 7) is 5.93. The molecule has 0 aliphatic heterocycles. The van der Waals surface area contributed by atoms with Gasteiger partial charge in [0, 0.05) is 23.0 Å². The van der Waals surface area contributed by atoms with Crippen molar-refractivity contribution in [2.24, 2.45) is 5.41 Å². The van der Waals surface area contributed by atoms with Crippen molar-refractivity contribution < 1.29 is 34.1 Å². The Kier molecular flexibility index (Phi) is 7.97. The van der Waals surface area contributed by atoms with Crippen molar-refractivity contribution in [2.75, 3.05) is 13.2 Å². The van der Waals surface area contributed by atoms with E-state index in [0.29, 0.717) is 67.1 Å². The molecule has 0 radical (unpaired) electrons. The van der Waals surface area contributed by atoms with Crippen molar-refractivity contribution in [3.8, 4) is 17.2 Å². The molecule has 2 N–H and O–H groups in total. The number of hydrogen-bond donors (Lipinski definition) is 2. The molecule has 7 heteroatoms. The Hall–Kier alpha value is -3.35. The van der Waals surface area contributed by atoms with Gasteiger partial charge in [-0.15, -0.1) is 0 Å². The number of carboxylic acids is 1. The summed E-state index contributed by atoms with van der Waals surface area (Å²) in [5, 5.41) is 19.6. The van der Waals surface area contributed by atoms with Crippen LogP contribution in [0.5, 0.6) is 17.2 Å². The van der Waals surface area contributed by atoms with Gasteiger partial charge in [-0.1, -0.05) is 20.3 Å². The number of rotatable bonds is 11. The summed E-state index contributed by atoms with van der Waals surface area (Å²) in [6, 6.07) is 8.62. The number of ether oxygens (including phenoxy) is 2. The first-order valence-electron chi connectivity index (χ1n) is 11.7. The number of phenolic OH excluding ortho intramolecular Hbond substituents is 1. The van der Waals surface area contributed by atoms with Crippen LogP contribution < -0.4 is 9.47 Å². The summed E-state index contributed by atoms with van der Waals surface area (Å²) in [5.74, 6) is -0.0601. The predicted octanol–water partition coefficient (Wildman–Crippen LogP) is 5.01. The molecule has 0 amide bonds. The Bertz CT molecular complexity index is 1090. The first-order chi connectivity index (χ1) is 16.2. The predicted molar refractivity (Wildman–Crippen MR) is 127 cm³/mol.